The number of allylic oxidation sites excluding steroid dienone is 1. The van der Waals surface area contributed by atoms with E-state index >= 15 is 0 Å². The summed E-state index contributed by atoms with van der Waals surface area (Å²) < 4.78 is 0. The normalized spacial score (nSPS) is 48.8. The molecule has 4 aliphatic carbocycles. The minimum atomic E-state index is -0.212. The molecule has 4 rings (SSSR count). The molecule has 2 unspecified atom stereocenters. The van der Waals surface area contributed by atoms with E-state index in [4.69, 9.17) is 0 Å². The second-order valence-corrected chi connectivity index (χ2v) is 12.2. The summed E-state index contributed by atoms with van der Waals surface area (Å²) in [6.45, 7) is 12.4. The lowest BCUT2D eigenvalue weighted by atomic mass is 9.44. The zero-order valence-electron chi connectivity index (χ0n) is 19.3. The maximum absolute atomic E-state index is 11.0. The molecular weight excluding hydrogens is 340 g/mol. The van der Waals surface area contributed by atoms with Crippen LogP contribution in [-0.2, 0) is 0 Å². The van der Waals surface area contributed by atoms with Gasteiger partial charge in [-0.1, -0.05) is 66.0 Å². The Morgan fingerprint density at radius 3 is 2.50 bits per heavy atom. The van der Waals surface area contributed by atoms with E-state index in [2.05, 4.69) is 46.8 Å². The Hall–Kier alpha value is -0.300. The predicted octanol–water partition coefficient (Wildman–Crippen LogP) is 7.24. The van der Waals surface area contributed by atoms with Gasteiger partial charge in [0, 0.05) is 5.41 Å². The summed E-state index contributed by atoms with van der Waals surface area (Å²) in [6.07, 6.45) is 18.1. The standard InChI is InChI=1S/C27H46O/c1-18(2)8-6-9-19(3)22-14-15-23-21-13-12-20-10-7-11-25(28)27(20,5)24(21)16-17-26(22,23)4/h7,11,18-25,28H,6,8-10,12-17H2,1-5H3/t19-,20?,21+,22-,23+,24+,25?,26-,27+/m1/s1. The van der Waals surface area contributed by atoms with Gasteiger partial charge in [0.1, 0.15) is 0 Å². The van der Waals surface area contributed by atoms with Crippen LogP contribution in [0.5, 0.6) is 0 Å². The fourth-order valence-electron chi connectivity index (χ4n) is 8.91. The average molecular weight is 387 g/mol. The highest BCUT2D eigenvalue weighted by atomic mass is 16.3. The van der Waals surface area contributed by atoms with Crippen molar-refractivity contribution in [3.05, 3.63) is 12.2 Å². The third-order valence-corrected chi connectivity index (χ3v) is 10.5. The van der Waals surface area contributed by atoms with E-state index in [-0.39, 0.29) is 11.5 Å². The van der Waals surface area contributed by atoms with Gasteiger partial charge in [0.25, 0.3) is 0 Å². The Bertz CT molecular complexity index is 579. The van der Waals surface area contributed by atoms with Gasteiger partial charge in [0.05, 0.1) is 6.10 Å². The topological polar surface area (TPSA) is 20.2 Å². The van der Waals surface area contributed by atoms with Crippen LogP contribution in [0.3, 0.4) is 0 Å². The molecule has 0 aliphatic heterocycles. The number of aliphatic hydroxyl groups is 1. The van der Waals surface area contributed by atoms with Gasteiger partial charge in [0.2, 0.25) is 0 Å². The maximum Gasteiger partial charge on any atom is 0.0779 e. The molecule has 1 heteroatoms. The first-order valence-electron chi connectivity index (χ1n) is 12.6. The van der Waals surface area contributed by atoms with Crippen molar-refractivity contribution >= 4 is 0 Å². The molecule has 0 heterocycles. The van der Waals surface area contributed by atoms with E-state index < -0.39 is 0 Å². The van der Waals surface area contributed by atoms with E-state index in [9.17, 15) is 5.11 Å². The predicted molar refractivity (Wildman–Crippen MR) is 119 cm³/mol. The number of hydrogen-bond donors (Lipinski definition) is 1. The van der Waals surface area contributed by atoms with Crippen molar-refractivity contribution in [1.82, 2.24) is 0 Å². The molecule has 9 atom stereocenters. The quantitative estimate of drug-likeness (QED) is 0.493. The van der Waals surface area contributed by atoms with Gasteiger partial charge in [0.15, 0.2) is 0 Å². The fraction of sp³-hybridized carbons (Fsp3) is 0.926. The van der Waals surface area contributed by atoms with E-state index in [1.165, 1.54) is 64.2 Å². The van der Waals surface area contributed by atoms with Gasteiger partial charge < -0.3 is 5.11 Å². The summed E-state index contributed by atoms with van der Waals surface area (Å²) in [5.74, 6) is 5.92. The first-order chi connectivity index (χ1) is 13.3. The largest absolute Gasteiger partial charge is 0.388 e. The average Bonchev–Trinajstić information content (AvgIpc) is 3.00. The van der Waals surface area contributed by atoms with Crippen molar-refractivity contribution in [1.29, 1.82) is 0 Å². The lowest BCUT2D eigenvalue weighted by Gasteiger charge is -2.61. The molecule has 0 amide bonds. The highest BCUT2D eigenvalue weighted by molar-refractivity contribution is 5.15. The SMILES string of the molecule is CC(C)CCC[C@@H](C)[C@H]1CC[C@H]2[C@@H]3CCC4CC=CC(O)[C@]4(C)[C@H]3CC[C@]12C. The lowest BCUT2D eigenvalue weighted by Crippen LogP contribution is -2.56. The second kappa shape index (κ2) is 7.75. The third-order valence-electron chi connectivity index (χ3n) is 10.5. The van der Waals surface area contributed by atoms with E-state index in [0.29, 0.717) is 11.3 Å². The molecule has 0 aromatic heterocycles. The third kappa shape index (κ3) is 3.23. The molecule has 1 N–H and O–H groups in total. The molecule has 28 heavy (non-hydrogen) atoms. The molecule has 3 fully saturated rings. The molecule has 0 aromatic rings. The minimum absolute atomic E-state index is 0.139. The van der Waals surface area contributed by atoms with Gasteiger partial charge >= 0.3 is 0 Å². The summed E-state index contributed by atoms with van der Waals surface area (Å²) in [4.78, 5) is 0. The van der Waals surface area contributed by atoms with E-state index in [1.807, 2.05) is 0 Å². The molecular formula is C27H46O. The molecule has 0 bridgehead atoms. The molecule has 0 aromatic carbocycles. The molecule has 0 radical (unpaired) electrons. The van der Waals surface area contributed by atoms with Gasteiger partial charge in [-0.25, -0.2) is 0 Å². The van der Waals surface area contributed by atoms with Crippen LogP contribution in [0.1, 0.15) is 98.8 Å². The van der Waals surface area contributed by atoms with Crippen molar-refractivity contribution in [2.45, 2.75) is 105 Å². The first-order valence-corrected chi connectivity index (χ1v) is 12.6. The Kier molecular flexibility index (Phi) is 5.80. The van der Waals surface area contributed by atoms with Gasteiger partial charge in [-0.15, -0.1) is 0 Å². The zero-order chi connectivity index (χ0) is 20.1. The summed E-state index contributed by atoms with van der Waals surface area (Å²) >= 11 is 0. The van der Waals surface area contributed by atoms with E-state index in [1.54, 1.807) is 0 Å². The Balaban J connectivity index is 1.50. The summed E-state index contributed by atoms with van der Waals surface area (Å²) in [7, 11) is 0. The minimum Gasteiger partial charge on any atom is -0.388 e. The Morgan fingerprint density at radius 1 is 0.964 bits per heavy atom. The fourth-order valence-corrected chi connectivity index (χ4v) is 8.91. The van der Waals surface area contributed by atoms with Crippen LogP contribution in [0.25, 0.3) is 0 Å². The first kappa shape index (κ1) is 21.0. The summed E-state index contributed by atoms with van der Waals surface area (Å²) in [5, 5.41) is 11.0. The number of aliphatic hydroxyl groups excluding tert-OH is 1. The highest BCUT2D eigenvalue weighted by Gasteiger charge is 2.61. The summed E-state index contributed by atoms with van der Waals surface area (Å²) in [5.41, 5.74) is 0.705. The van der Waals surface area contributed by atoms with Crippen LogP contribution in [0.2, 0.25) is 0 Å². The van der Waals surface area contributed by atoms with Crippen LogP contribution in [-0.4, -0.2) is 11.2 Å². The van der Waals surface area contributed by atoms with Crippen molar-refractivity contribution in [3.8, 4) is 0 Å². The van der Waals surface area contributed by atoms with Crippen molar-refractivity contribution in [2.24, 2.45) is 52.3 Å². The number of fused-ring (bicyclic) bond motifs is 5. The van der Waals surface area contributed by atoms with Crippen LogP contribution in [0.15, 0.2) is 12.2 Å². The number of hydrogen-bond acceptors (Lipinski definition) is 1. The maximum atomic E-state index is 11.0. The monoisotopic (exact) mass is 386 g/mol. The lowest BCUT2D eigenvalue weighted by molar-refractivity contribution is -0.139. The molecule has 160 valence electrons. The summed E-state index contributed by atoms with van der Waals surface area (Å²) in [6, 6.07) is 0. The highest BCUT2D eigenvalue weighted by Crippen LogP contribution is 2.68. The van der Waals surface area contributed by atoms with Gasteiger partial charge in [-0.05, 0) is 91.8 Å². The van der Waals surface area contributed by atoms with E-state index in [0.717, 1.165) is 35.5 Å². The van der Waals surface area contributed by atoms with Crippen molar-refractivity contribution in [2.75, 3.05) is 0 Å². The van der Waals surface area contributed by atoms with Crippen molar-refractivity contribution < 1.29 is 5.11 Å². The van der Waals surface area contributed by atoms with Gasteiger partial charge in [-0.3, -0.25) is 0 Å². The Labute approximate surface area is 174 Å². The molecule has 1 nitrogen and oxygen atoms in total. The van der Waals surface area contributed by atoms with Crippen LogP contribution < -0.4 is 0 Å². The molecule has 3 saturated carbocycles. The molecule has 4 aliphatic rings. The second-order valence-electron chi connectivity index (χ2n) is 12.2. The Morgan fingerprint density at radius 2 is 1.75 bits per heavy atom. The van der Waals surface area contributed by atoms with Crippen molar-refractivity contribution in [3.63, 3.8) is 0 Å². The number of rotatable bonds is 5. The van der Waals surface area contributed by atoms with Crippen LogP contribution >= 0.6 is 0 Å². The van der Waals surface area contributed by atoms with Gasteiger partial charge in [-0.2, -0.15) is 0 Å². The zero-order valence-corrected chi connectivity index (χ0v) is 19.3. The van der Waals surface area contributed by atoms with Crippen LogP contribution in [0, 0.1) is 52.3 Å². The molecule has 0 saturated heterocycles. The molecule has 0 spiro atoms. The smallest absolute Gasteiger partial charge is 0.0779 e. The van der Waals surface area contributed by atoms with Crippen LogP contribution in [0.4, 0.5) is 0 Å².